The first-order chi connectivity index (χ1) is 14.0. The fourth-order valence-corrected chi connectivity index (χ4v) is 2.79. The topological polar surface area (TPSA) is 100 Å². The Labute approximate surface area is 170 Å². The quantitative estimate of drug-likeness (QED) is 0.344. The molecule has 7 nitrogen and oxygen atoms in total. The van der Waals surface area contributed by atoms with Gasteiger partial charge < -0.3 is 20.6 Å². The molecule has 3 N–H and O–H groups in total. The Bertz CT molecular complexity index is 794. The van der Waals surface area contributed by atoms with E-state index in [1.807, 2.05) is 74.5 Å². The van der Waals surface area contributed by atoms with E-state index in [9.17, 15) is 9.59 Å². The van der Waals surface area contributed by atoms with E-state index in [1.54, 1.807) is 0 Å². The van der Waals surface area contributed by atoms with Crippen LogP contribution >= 0.6 is 0 Å². The first kappa shape index (κ1) is 21.9. The summed E-state index contributed by atoms with van der Waals surface area (Å²) in [5, 5.41) is 17.4. The maximum atomic E-state index is 12.7. The molecule has 0 radical (unpaired) electrons. The largest absolute Gasteiger partial charge is 0.445 e. The highest BCUT2D eigenvalue weighted by Crippen LogP contribution is 2.07. The zero-order valence-corrected chi connectivity index (χ0v) is 16.6. The SMILES string of the molecule is CC(C)[C@H](NC(=O)OCc1ccccc1)C(=O)NC(/C=N/O)Cc1ccccc1. The molecule has 0 aromatic heterocycles. The molecule has 0 saturated carbocycles. The number of hydrogen-bond acceptors (Lipinski definition) is 5. The van der Waals surface area contributed by atoms with E-state index in [0.717, 1.165) is 11.1 Å². The molecule has 29 heavy (non-hydrogen) atoms. The van der Waals surface area contributed by atoms with Gasteiger partial charge in [-0.3, -0.25) is 4.79 Å². The second kappa shape index (κ2) is 11.5. The predicted octanol–water partition coefficient (Wildman–Crippen LogP) is 3.12. The number of carbonyl (C=O) groups excluding carboxylic acids is 2. The molecule has 2 aromatic rings. The van der Waals surface area contributed by atoms with Gasteiger partial charge in [0.1, 0.15) is 12.6 Å². The highest BCUT2D eigenvalue weighted by Gasteiger charge is 2.26. The Morgan fingerprint density at radius 3 is 2.14 bits per heavy atom. The molecule has 0 fully saturated rings. The molecule has 0 spiro atoms. The van der Waals surface area contributed by atoms with Crippen molar-refractivity contribution >= 4 is 18.2 Å². The number of benzene rings is 2. The number of amides is 2. The number of nitrogens with zero attached hydrogens (tertiary/aromatic N) is 1. The third-order valence-electron chi connectivity index (χ3n) is 4.31. The predicted molar refractivity (Wildman–Crippen MR) is 111 cm³/mol. The lowest BCUT2D eigenvalue weighted by molar-refractivity contribution is -0.124. The van der Waals surface area contributed by atoms with Crippen molar-refractivity contribution in [2.75, 3.05) is 0 Å². The van der Waals surface area contributed by atoms with Gasteiger partial charge in [0.15, 0.2) is 0 Å². The first-order valence-corrected chi connectivity index (χ1v) is 9.48. The average molecular weight is 397 g/mol. The van der Waals surface area contributed by atoms with E-state index in [1.165, 1.54) is 6.21 Å². The van der Waals surface area contributed by atoms with Crippen molar-refractivity contribution in [2.45, 2.75) is 39.0 Å². The van der Waals surface area contributed by atoms with Gasteiger partial charge in [-0.2, -0.15) is 0 Å². The van der Waals surface area contributed by atoms with Crippen molar-refractivity contribution in [3.63, 3.8) is 0 Å². The van der Waals surface area contributed by atoms with Crippen LogP contribution in [0.25, 0.3) is 0 Å². The monoisotopic (exact) mass is 397 g/mol. The third-order valence-corrected chi connectivity index (χ3v) is 4.31. The van der Waals surface area contributed by atoms with Crippen molar-refractivity contribution in [2.24, 2.45) is 11.1 Å². The lowest BCUT2D eigenvalue weighted by Crippen LogP contribution is -2.53. The highest BCUT2D eigenvalue weighted by molar-refractivity contribution is 5.88. The summed E-state index contributed by atoms with van der Waals surface area (Å²) in [5.41, 5.74) is 1.84. The Balaban J connectivity index is 1.94. The minimum Gasteiger partial charge on any atom is -0.445 e. The number of nitrogens with one attached hydrogen (secondary N) is 2. The molecular formula is C22H27N3O4. The van der Waals surface area contributed by atoms with Gasteiger partial charge in [-0.1, -0.05) is 79.7 Å². The summed E-state index contributed by atoms with van der Waals surface area (Å²) in [7, 11) is 0. The molecule has 2 atom stereocenters. The number of rotatable bonds is 9. The molecule has 2 rings (SSSR count). The van der Waals surface area contributed by atoms with Gasteiger partial charge in [-0.15, -0.1) is 0 Å². The van der Waals surface area contributed by atoms with Crippen LogP contribution in [0, 0.1) is 5.92 Å². The summed E-state index contributed by atoms with van der Waals surface area (Å²) in [5.74, 6) is -0.541. The van der Waals surface area contributed by atoms with E-state index in [2.05, 4.69) is 15.8 Å². The van der Waals surface area contributed by atoms with Crippen molar-refractivity contribution in [3.8, 4) is 0 Å². The van der Waals surface area contributed by atoms with Crippen molar-refractivity contribution in [1.29, 1.82) is 0 Å². The molecule has 154 valence electrons. The fourth-order valence-electron chi connectivity index (χ4n) is 2.79. The van der Waals surface area contributed by atoms with Gasteiger partial charge in [-0.25, -0.2) is 4.79 Å². The molecule has 0 aliphatic rings. The lowest BCUT2D eigenvalue weighted by Gasteiger charge is -2.23. The second-order valence-corrected chi connectivity index (χ2v) is 7.00. The summed E-state index contributed by atoms with van der Waals surface area (Å²) >= 11 is 0. The normalized spacial score (nSPS) is 13.1. The van der Waals surface area contributed by atoms with Gasteiger partial charge in [0, 0.05) is 0 Å². The maximum absolute atomic E-state index is 12.7. The smallest absolute Gasteiger partial charge is 0.408 e. The van der Waals surface area contributed by atoms with Crippen LogP contribution in [0.5, 0.6) is 0 Å². The van der Waals surface area contributed by atoms with Crippen molar-refractivity contribution < 1.29 is 19.5 Å². The van der Waals surface area contributed by atoms with Crippen LogP contribution in [-0.2, 0) is 22.6 Å². The van der Waals surface area contributed by atoms with Gasteiger partial charge in [0.2, 0.25) is 5.91 Å². The minimum atomic E-state index is -0.788. The number of oxime groups is 1. The van der Waals surface area contributed by atoms with Crippen LogP contribution in [0.2, 0.25) is 0 Å². The standard InChI is InChI=1S/C22H27N3O4/c1-16(2)20(25-22(27)29-15-18-11-7-4-8-12-18)21(26)24-19(14-23-28)13-17-9-5-3-6-10-17/h3-12,14,16,19-20,28H,13,15H2,1-2H3,(H,24,26)(H,25,27)/b23-14+/t19?,20-/m0/s1. The number of hydrogen-bond donors (Lipinski definition) is 3. The van der Waals surface area contributed by atoms with Crippen LogP contribution in [0.15, 0.2) is 65.8 Å². The van der Waals surface area contributed by atoms with Gasteiger partial charge in [0.05, 0.1) is 12.3 Å². The Morgan fingerprint density at radius 1 is 1.00 bits per heavy atom. The molecule has 0 aliphatic carbocycles. The van der Waals surface area contributed by atoms with E-state index in [4.69, 9.17) is 9.94 Å². The fraction of sp³-hybridized carbons (Fsp3) is 0.318. The molecule has 2 amide bonds. The molecule has 7 heteroatoms. The van der Waals surface area contributed by atoms with Gasteiger partial charge >= 0.3 is 6.09 Å². The highest BCUT2D eigenvalue weighted by atomic mass is 16.5. The average Bonchev–Trinajstić information content (AvgIpc) is 2.72. The second-order valence-electron chi connectivity index (χ2n) is 7.00. The number of carbonyl (C=O) groups is 2. The van der Waals surface area contributed by atoms with E-state index >= 15 is 0 Å². The Hall–Kier alpha value is -3.35. The van der Waals surface area contributed by atoms with Crippen molar-refractivity contribution in [3.05, 3.63) is 71.8 Å². The molecular weight excluding hydrogens is 370 g/mol. The molecule has 2 aromatic carbocycles. The van der Waals surface area contributed by atoms with E-state index in [0.29, 0.717) is 6.42 Å². The van der Waals surface area contributed by atoms with Crippen LogP contribution in [-0.4, -0.2) is 35.5 Å². The number of alkyl carbamates (subject to hydrolysis) is 1. The zero-order valence-electron chi connectivity index (χ0n) is 16.6. The Kier molecular flexibility index (Phi) is 8.69. The van der Waals surface area contributed by atoms with Gasteiger partial charge in [0.25, 0.3) is 0 Å². The molecule has 1 unspecified atom stereocenters. The zero-order chi connectivity index (χ0) is 21.1. The molecule has 0 aliphatic heterocycles. The maximum Gasteiger partial charge on any atom is 0.408 e. The van der Waals surface area contributed by atoms with Crippen LogP contribution in [0.3, 0.4) is 0 Å². The summed E-state index contributed by atoms with van der Waals surface area (Å²) in [6, 6.07) is 17.5. The lowest BCUT2D eigenvalue weighted by atomic mass is 10.0. The minimum absolute atomic E-state index is 0.118. The Morgan fingerprint density at radius 2 is 1.59 bits per heavy atom. The summed E-state index contributed by atoms with van der Waals surface area (Å²) < 4.78 is 5.21. The molecule has 0 heterocycles. The first-order valence-electron chi connectivity index (χ1n) is 9.48. The van der Waals surface area contributed by atoms with Crippen LogP contribution in [0.1, 0.15) is 25.0 Å². The van der Waals surface area contributed by atoms with Gasteiger partial charge in [-0.05, 0) is 23.5 Å². The van der Waals surface area contributed by atoms with Crippen LogP contribution in [0.4, 0.5) is 4.79 Å². The molecule has 0 saturated heterocycles. The van der Waals surface area contributed by atoms with Crippen molar-refractivity contribution in [1.82, 2.24) is 10.6 Å². The number of ether oxygens (including phenoxy) is 1. The summed E-state index contributed by atoms with van der Waals surface area (Å²) in [6.45, 7) is 3.77. The van der Waals surface area contributed by atoms with E-state index < -0.39 is 18.2 Å². The third kappa shape index (κ3) is 7.65. The molecule has 0 bridgehead atoms. The van der Waals surface area contributed by atoms with E-state index in [-0.39, 0.29) is 18.4 Å². The summed E-state index contributed by atoms with van der Waals surface area (Å²) in [6.07, 6.45) is 1.05. The summed E-state index contributed by atoms with van der Waals surface area (Å²) in [4.78, 5) is 24.9. The van der Waals surface area contributed by atoms with Crippen LogP contribution < -0.4 is 10.6 Å².